The van der Waals surface area contributed by atoms with Crippen molar-refractivity contribution in [3.05, 3.63) is 0 Å². The summed E-state index contributed by atoms with van der Waals surface area (Å²) in [5.41, 5.74) is 0. The minimum atomic E-state index is -0.617. The van der Waals surface area contributed by atoms with E-state index >= 15 is 0 Å². The molecular formula is C16H31NO4. The van der Waals surface area contributed by atoms with Crippen LogP contribution in [0.1, 0.15) is 60.3 Å². The summed E-state index contributed by atoms with van der Waals surface area (Å²) in [4.78, 5) is 23.6. The van der Waals surface area contributed by atoms with Crippen LogP contribution in [0.25, 0.3) is 0 Å². The third-order valence-electron chi connectivity index (χ3n) is 2.87. The molecule has 0 rings (SSSR count). The van der Waals surface area contributed by atoms with E-state index < -0.39 is 12.1 Å². The van der Waals surface area contributed by atoms with E-state index in [9.17, 15) is 9.59 Å². The maximum atomic E-state index is 12.0. The summed E-state index contributed by atoms with van der Waals surface area (Å²) in [5.74, 6) is 0.491. The number of amides is 1. The molecule has 0 aromatic rings. The first-order chi connectivity index (χ1) is 9.86. The highest BCUT2D eigenvalue weighted by atomic mass is 16.6. The van der Waals surface area contributed by atoms with E-state index in [0.717, 1.165) is 19.3 Å². The summed E-state index contributed by atoms with van der Waals surface area (Å²) >= 11 is 0. The second-order valence-corrected chi connectivity index (χ2v) is 6.18. The lowest BCUT2D eigenvalue weighted by molar-refractivity contribution is -0.146. The molecule has 1 N–H and O–H groups in total. The number of esters is 1. The molecule has 0 aromatic heterocycles. The van der Waals surface area contributed by atoms with E-state index in [4.69, 9.17) is 9.47 Å². The first kappa shape index (κ1) is 19.7. The van der Waals surface area contributed by atoms with Gasteiger partial charge in [-0.3, -0.25) is 0 Å². The normalized spacial score (nSPS) is 12.3. The molecule has 0 aromatic carbocycles. The molecule has 0 saturated heterocycles. The SMILES string of the molecule is CCCC(NC(=O)OCC(C)C)C(=O)OCCCC(C)C. The predicted octanol–water partition coefficient (Wildman–Crippen LogP) is 3.52. The highest BCUT2D eigenvalue weighted by molar-refractivity contribution is 5.81. The quantitative estimate of drug-likeness (QED) is 0.495. The van der Waals surface area contributed by atoms with Crippen LogP contribution in [0, 0.1) is 11.8 Å². The van der Waals surface area contributed by atoms with Crippen LogP contribution in [0.3, 0.4) is 0 Å². The standard InChI is InChI=1S/C16H31NO4/c1-6-8-14(17-16(19)21-11-13(4)5)15(18)20-10-7-9-12(2)3/h12-14H,6-11H2,1-5H3,(H,17,19). The molecule has 1 unspecified atom stereocenters. The van der Waals surface area contributed by atoms with Gasteiger partial charge >= 0.3 is 12.1 Å². The first-order valence-corrected chi connectivity index (χ1v) is 7.96. The van der Waals surface area contributed by atoms with Crippen LogP contribution in [0.4, 0.5) is 4.79 Å². The summed E-state index contributed by atoms with van der Waals surface area (Å²) in [6.07, 6.45) is 2.66. The minimum absolute atomic E-state index is 0.267. The predicted molar refractivity (Wildman–Crippen MR) is 83.0 cm³/mol. The van der Waals surface area contributed by atoms with Gasteiger partial charge in [-0.25, -0.2) is 9.59 Å². The fourth-order valence-electron chi connectivity index (χ4n) is 1.73. The molecule has 0 aliphatic carbocycles. The van der Waals surface area contributed by atoms with E-state index in [1.165, 1.54) is 0 Å². The minimum Gasteiger partial charge on any atom is -0.464 e. The van der Waals surface area contributed by atoms with E-state index in [0.29, 0.717) is 25.6 Å². The zero-order valence-electron chi connectivity index (χ0n) is 14.1. The lowest BCUT2D eigenvalue weighted by Crippen LogP contribution is -2.42. The van der Waals surface area contributed by atoms with Gasteiger partial charge in [0, 0.05) is 0 Å². The van der Waals surface area contributed by atoms with Gasteiger partial charge in [-0.15, -0.1) is 0 Å². The van der Waals surface area contributed by atoms with Crippen molar-refractivity contribution >= 4 is 12.1 Å². The third kappa shape index (κ3) is 11.1. The molecule has 0 heterocycles. The highest BCUT2D eigenvalue weighted by Gasteiger charge is 2.22. The second kappa shape index (κ2) is 11.4. The summed E-state index contributed by atoms with van der Waals surface area (Å²) in [6.45, 7) is 10.9. The summed E-state index contributed by atoms with van der Waals surface area (Å²) in [5, 5.41) is 2.59. The number of hydrogen-bond donors (Lipinski definition) is 1. The van der Waals surface area contributed by atoms with Crippen molar-refractivity contribution in [2.24, 2.45) is 11.8 Å². The average molecular weight is 301 g/mol. The Labute approximate surface area is 128 Å². The molecule has 21 heavy (non-hydrogen) atoms. The van der Waals surface area contributed by atoms with E-state index in [-0.39, 0.29) is 11.9 Å². The Hall–Kier alpha value is -1.26. The number of carbonyl (C=O) groups is 2. The zero-order valence-corrected chi connectivity index (χ0v) is 14.1. The van der Waals surface area contributed by atoms with E-state index in [1.807, 2.05) is 20.8 Å². The van der Waals surface area contributed by atoms with Crippen LogP contribution in [0.15, 0.2) is 0 Å². The van der Waals surface area contributed by atoms with Crippen molar-refractivity contribution in [1.29, 1.82) is 0 Å². The van der Waals surface area contributed by atoms with E-state index in [2.05, 4.69) is 19.2 Å². The smallest absolute Gasteiger partial charge is 0.407 e. The van der Waals surface area contributed by atoms with Crippen LogP contribution in [0.5, 0.6) is 0 Å². The Bertz CT molecular complexity index is 303. The number of nitrogens with one attached hydrogen (secondary N) is 1. The molecule has 0 fully saturated rings. The van der Waals surface area contributed by atoms with Crippen molar-refractivity contribution < 1.29 is 19.1 Å². The van der Waals surface area contributed by atoms with Gasteiger partial charge in [0.1, 0.15) is 6.04 Å². The van der Waals surface area contributed by atoms with Gasteiger partial charge in [-0.05, 0) is 31.1 Å². The number of carbonyl (C=O) groups excluding carboxylic acids is 2. The van der Waals surface area contributed by atoms with Crippen LogP contribution < -0.4 is 5.32 Å². The fourth-order valence-corrected chi connectivity index (χ4v) is 1.73. The van der Waals surface area contributed by atoms with Crippen molar-refractivity contribution in [3.63, 3.8) is 0 Å². The van der Waals surface area contributed by atoms with Crippen molar-refractivity contribution in [3.8, 4) is 0 Å². The molecule has 1 amide bonds. The molecule has 0 spiro atoms. The lowest BCUT2D eigenvalue weighted by Gasteiger charge is -2.17. The molecule has 0 aliphatic rings. The Morgan fingerprint density at radius 1 is 1.00 bits per heavy atom. The molecular weight excluding hydrogens is 270 g/mol. The van der Waals surface area contributed by atoms with Crippen molar-refractivity contribution in [2.75, 3.05) is 13.2 Å². The van der Waals surface area contributed by atoms with Gasteiger partial charge in [0.2, 0.25) is 0 Å². The van der Waals surface area contributed by atoms with Crippen LogP contribution in [-0.2, 0) is 14.3 Å². The molecule has 0 radical (unpaired) electrons. The largest absolute Gasteiger partial charge is 0.464 e. The van der Waals surface area contributed by atoms with Gasteiger partial charge < -0.3 is 14.8 Å². The first-order valence-electron chi connectivity index (χ1n) is 7.96. The van der Waals surface area contributed by atoms with Gasteiger partial charge in [0.25, 0.3) is 0 Å². The maximum Gasteiger partial charge on any atom is 0.407 e. The molecule has 0 aliphatic heterocycles. The molecule has 1 atom stereocenters. The molecule has 0 bridgehead atoms. The molecule has 124 valence electrons. The summed E-state index contributed by atoms with van der Waals surface area (Å²) in [7, 11) is 0. The Kier molecular flexibility index (Phi) is 10.7. The molecule has 5 heteroatoms. The Morgan fingerprint density at radius 3 is 2.19 bits per heavy atom. The monoisotopic (exact) mass is 301 g/mol. The van der Waals surface area contributed by atoms with Crippen LogP contribution in [0.2, 0.25) is 0 Å². The average Bonchev–Trinajstić information content (AvgIpc) is 2.40. The number of hydrogen-bond acceptors (Lipinski definition) is 4. The maximum absolute atomic E-state index is 12.0. The highest BCUT2D eigenvalue weighted by Crippen LogP contribution is 2.05. The summed E-state index contributed by atoms with van der Waals surface area (Å²) < 4.78 is 10.3. The third-order valence-corrected chi connectivity index (χ3v) is 2.87. The lowest BCUT2D eigenvalue weighted by atomic mass is 10.1. The van der Waals surface area contributed by atoms with Gasteiger partial charge in [0.05, 0.1) is 13.2 Å². The fraction of sp³-hybridized carbons (Fsp3) is 0.875. The van der Waals surface area contributed by atoms with E-state index in [1.54, 1.807) is 0 Å². The van der Waals surface area contributed by atoms with Gasteiger partial charge in [-0.1, -0.05) is 41.0 Å². The second-order valence-electron chi connectivity index (χ2n) is 6.18. The molecule has 0 saturated carbocycles. The Morgan fingerprint density at radius 2 is 1.67 bits per heavy atom. The van der Waals surface area contributed by atoms with Gasteiger partial charge in [0.15, 0.2) is 0 Å². The van der Waals surface area contributed by atoms with Crippen LogP contribution in [-0.4, -0.2) is 31.3 Å². The van der Waals surface area contributed by atoms with Gasteiger partial charge in [-0.2, -0.15) is 0 Å². The number of rotatable bonds is 10. The zero-order chi connectivity index (χ0) is 16.3. The topological polar surface area (TPSA) is 64.6 Å². The van der Waals surface area contributed by atoms with Crippen LogP contribution >= 0.6 is 0 Å². The Balaban J connectivity index is 4.13. The molecule has 5 nitrogen and oxygen atoms in total. The number of ether oxygens (including phenoxy) is 2. The number of alkyl carbamates (subject to hydrolysis) is 1. The van der Waals surface area contributed by atoms with Crippen molar-refractivity contribution in [2.45, 2.75) is 66.3 Å². The van der Waals surface area contributed by atoms with Crippen molar-refractivity contribution in [1.82, 2.24) is 5.32 Å². The summed E-state index contributed by atoms with van der Waals surface area (Å²) in [6, 6.07) is -0.617.